The summed E-state index contributed by atoms with van der Waals surface area (Å²) in [6.45, 7) is 4.80. The van der Waals surface area contributed by atoms with Crippen molar-refractivity contribution >= 4 is 6.21 Å². The first-order valence-corrected chi connectivity index (χ1v) is 7.86. The molecule has 3 heteroatoms. The molecule has 0 bridgehead atoms. The van der Waals surface area contributed by atoms with Crippen molar-refractivity contribution in [2.24, 2.45) is 4.99 Å². The van der Waals surface area contributed by atoms with Crippen molar-refractivity contribution in [3.05, 3.63) is 12.2 Å². The molecule has 1 rings (SSSR count). The Morgan fingerprint density at radius 2 is 2.00 bits per heavy atom. The summed E-state index contributed by atoms with van der Waals surface area (Å²) in [7, 11) is 0. The lowest BCUT2D eigenvalue weighted by molar-refractivity contribution is 0.00710. The minimum atomic E-state index is -0.377. The molecule has 110 valence electrons. The zero-order valence-electron chi connectivity index (χ0n) is 12.6. The van der Waals surface area contributed by atoms with E-state index in [1.165, 1.54) is 38.5 Å². The fraction of sp³-hybridized carbons (Fsp3) is 0.812. The van der Waals surface area contributed by atoms with Gasteiger partial charge in [0.2, 0.25) is 0 Å². The highest BCUT2D eigenvalue weighted by atomic mass is 16.3. The van der Waals surface area contributed by atoms with E-state index in [1.807, 2.05) is 13.1 Å². The summed E-state index contributed by atoms with van der Waals surface area (Å²) in [6, 6.07) is 0. The summed E-state index contributed by atoms with van der Waals surface area (Å²) in [6.07, 6.45) is 16.3. The van der Waals surface area contributed by atoms with E-state index in [1.54, 1.807) is 0 Å². The van der Waals surface area contributed by atoms with Gasteiger partial charge in [0.25, 0.3) is 0 Å². The van der Waals surface area contributed by atoms with Gasteiger partial charge in [-0.25, -0.2) is 0 Å². The lowest BCUT2D eigenvalue weighted by Crippen LogP contribution is -2.37. The molecule has 19 heavy (non-hydrogen) atoms. The predicted octanol–water partition coefficient (Wildman–Crippen LogP) is 3.73. The Bertz CT molecular complexity index is 274. The second kappa shape index (κ2) is 10.2. The van der Waals surface area contributed by atoms with Crippen molar-refractivity contribution in [3.8, 4) is 0 Å². The fourth-order valence-electron chi connectivity index (χ4n) is 2.52. The first-order chi connectivity index (χ1) is 9.25. The Balaban J connectivity index is 1.96. The summed E-state index contributed by atoms with van der Waals surface area (Å²) in [4.78, 5) is 6.49. The highest BCUT2D eigenvalue weighted by molar-refractivity contribution is 5.62. The summed E-state index contributed by atoms with van der Waals surface area (Å²) in [5.74, 6) is 0. The van der Waals surface area contributed by atoms with Crippen LogP contribution in [-0.4, -0.2) is 35.2 Å². The van der Waals surface area contributed by atoms with E-state index in [-0.39, 0.29) is 12.4 Å². The molecule has 0 aromatic carbocycles. The molecule has 1 aliphatic heterocycles. The molecule has 2 atom stereocenters. The van der Waals surface area contributed by atoms with Crippen molar-refractivity contribution in [2.45, 2.75) is 77.6 Å². The number of rotatable bonds is 10. The largest absolute Gasteiger partial charge is 0.379 e. The van der Waals surface area contributed by atoms with E-state index in [0.29, 0.717) is 0 Å². The molecule has 0 saturated carbocycles. The summed E-state index contributed by atoms with van der Waals surface area (Å²) in [5.41, 5.74) is 0. The molecular weight excluding hydrogens is 236 g/mol. The van der Waals surface area contributed by atoms with Crippen LogP contribution in [0.4, 0.5) is 0 Å². The van der Waals surface area contributed by atoms with Crippen LogP contribution in [0.15, 0.2) is 17.1 Å². The lowest BCUT2D eigenvalue weighted by Gasteiger charge is -2.25. The van der Waals surface area contributed by atoms with Gasteiger partial charge in [-0.15, -0.1) is 0 Å². The molecule has 2 unspecified atom stereocenters. The van der Waals surface area contributed by atoms with Crippen LogP contribution in [0.2, 0.25) is 0 Å². The molecule has 0 radical (unpaired) electrons. The van der Waals surface area contributed by atoms with Crippen LogP contribution in [0.1, 0.15) is 65.2 Å². The average Bonchev–Trinajstić information content (AvgIpc) is 2.85. The molecule has 0 saturated heterocycles. The fourth-order valence-corrected chi connectivity index (χ4v) is 2.52. The van der Waals surface area contributed by atoms with Gasteiger partial charge in [0.05, 0.1) is 0 Å². The van der Waals surface area contributed by atoms with Crippen molar-refractivity contribution < 1.29 is 5.11 Å². The first kappa shape index (κ1) is 16.4. The number of allylic oxidation sites excluding steroid dienone is 2. The highest BCUT2D eigenvalue weighted by Crippen LogP contribution is 2.17. The number of aliphatic hydroxyl groups excluding tert-OH is 1. The third-order valence-corrected chi connectivity index (χ3v) is 3.67. The van der Waals surface area contributed by atoms with Gasteiger partial charge in [0.1, 0.15) is 12.4 Å². The maximum Gasteiger partial charge on any atom is 0.106 e. The lowest BCUT2D eigenvalue weighted by atomic mass is 10.1. The molecule has 1 N–H and O–H groups in total. The van der Waals surface area contributed by atoms with Crippen molar-refractivity contribution in [1.29, 1.82) is 0 Å². The van der Waals surface area contributed by atoms with E-state index < -0.39 is 0 Å². The number of hydrogen-bond acceptors (Lipinski definition) is 3. The predicted molar refractivity (Wildman–Crippen MR) is 82.4 cm³/mol. The molecule has 0 amide bonds. The molecule has 1 heterocycles. The second-order valence-corrected chi connectivity index (χ2v) is 5.37. The van der Waals surface area contributed by atoms with E-state index in [2.05, 4.69) is 29.0 Å². The third kappa shape index (κ3) is 6.88. The number of aliphatic hydroxyl groups is 1. The maximum atomic E-state index is 9.61. The van der Waals surface area contributed by atoms with Crippen LogP contribution in [-0.2, 0) is 0 Å². The summed E-state index contributed by atoms with van der Waals surface area (Å²) < 4.78 is 0. The van der Waals surface area contributed by atoms with Crippen LogP contribution in [0, 0.1) is 0 Å². The molecule has 1 aliphatic rings. The molecule has 0 spiro atoms. The molecule has 3 nitrogen and oxygen atoms in total. The summed E-state index contributed by atoms with van der Waals surface area (Å²) >= 11 is 0. The Morgan fingerprint density at radius 3 is 2.74 bits per heavy atom. The molecule has 0 aliphatic carbocycles. The zero-order valence-corrected chi connectivity index (χ0v) is 12.6. The minimum Gasteiger partial charge on any atom is -0.379 e. The number of unbranched alkanes of at least 4 members (excludes halogenated alkanes) is 5. The monoisotopic (exact) mass is 266 g/mol. The van der Waals surface area contributed by atoms with Gasteiger partial charge in [-0.2, -0.15) is 0 Å². The van der Waals surface area contributed by atoms with E-state index >= 15 is 0 Å². The van der Waals surface area contributed by atoms with Gasteiger partial charge < -0.3 is 5.11 Å². The van der Waals surface area contributed by atoms with Gasteiger partial charge in [0.15, 0.2) is 0 Å². The molecule has 0 aromatic heterocycles. The molecule has 0 fully saturated rings. The van der Waals surface area contributed by atoms with Crippen LogP contribution in [0.25, 0.3) is 0 Å². The maximum absolute atomic E-state index is 9.61. The SMILES string of the molecule is CC/C=C/CCCCCCCC1N=CCN1C(C)O. The Morgan fingerprint density at radius 1 is 1.26 bits per heavy atom. The van der Waals surface area contributed by atoms with Gasteiger partial charge in [0, 0.05) is 12.8 Å². The average molecular weight is 266 g/mol. The Kier molecular flexibility index (Phi) is 8.76. The van der Waals surface area contributed by atoms with E-state index in [9.17, 15) is 5.11 Å². The van der Waals surface area contributed by atoms with Crippen LogP contribution < -0.4 is 0 Å². The number of hydrogen-bond donors (Lipinski definition) is 1. The van der Waals surface area contributed by atoms with Gasteiger partial charge in [-0.05, 0) is 39.0 Å². The van der Waals surface area contributed by atoms with Crippen molar-refractivity contribution in [2.75, 3.05) is 6.54 Å². The minimum absolute atomic E-state index is 0.215. The van der Waals surface area contributed by atoms with Gasteiger partial charge in [-0.1, -0.05) is 38.3 Å². The van der Waals surface area contributed by atoms with Gasteiger partial charge >= 0.3 is 0 Å². The second-order valence-electron chi connectivity index (χ2n) is 5.37. The normalized spacial score (nSPS) is 21.5. The molecule has 0 aromatic rings. The third-order valence-electron chi connectivity index (χ3n) is 3.67. The smallest absolute Gasteiger partial charge is 0.106 e. The Labute approximate surface area is 118 Å². The van der Waals surface area contributed by atoms with Crippen molar-refractivity contribution in [3.63, 3.8) is 0 Å². The quantitative estimate of drug-likeness (QED) is 0.483. The van der Waals surface area contributed by atoms with E-state index in [4.69, 9.17) is 0 Å². The first-order valence-electron chi connectivity index (χ1n) is 7.86. The van der Waals surface area contributed by atoms with Gasteiger partial charge in [-0.3, -0.25) is 9.89 Å². The summed E-state index contributed by atoms with van der Waals surface area (Å²) in [5, 5.41) is 9.61. The van der Waals surface area contributed by atoms with Crippen molar-refractivity contribution in [1.82, 2.24) is 4.90 Å². The van der Waals surface area contributed by atoms with Crippen LogP contribution >= 0.6 is 0 Å². The number of aliphatic imine (C=N–C) groups is 1. The number of nitrogens with zero attached hydrogens (tertiary/aromatic N) is 2. The zero-order chi connectivity index (χ0) is 13.9. The highest BCUT2D eigenvalue weighted by Gasteiger charge is 2.23. The molecular formula is C16H30N2O. The Hall–Kier alpha value is -0.670. The van der Waals surface area contributed by atoms with E-state index in [0.717, 1.165) is 19.4 Å². The standard InChI is InChI=1S/C16H30N2O/c1-3-4-5-6-7-8-9-10-11-12-16-17-13-14-18(16)15(2)19/h4-5,13,15-16,19H,3,6-12,14H2,1-2H3/b5-4+. The van der Waals surface area contributed by atoms with Crippen LogP contribution in [0.5, 0.6) is 0 Å². The topological polar surface area (TPSA) is 35.8 Å². The van der Waals surface area contributed by atoms with Crippen LogP contribution in [0.3, 0.4) is 0 Å².